The summed E-state index contributed by atoms with van der Waals surface area (Å²) in [5.41, 5.74) is 0.788. The number of alkyl carbamates (subject to hydrolysis) is 1. The van der Waals surface area contributed by atoms with Crippen LogP contribution in [0.2, 0.25) is 0 Å². The molecule has 1 aromatic carbocycles. The van der Waals surface area contributed by atoms with Gasteiger partial charge < -0.3 is 19.7 Å². The molecule has 2 rings (SSSR count). The van der Waals surface area contributed by atoms with Crippen LogP contribution in [0.5, 0.6) is 5.75 Å². The van der Waals surface area contributed by atoms with Crippen molar-refractivity contribution in [1.82, 2.24) is 5.32 Å². The molecule has 5 heteroatoms. The minimum absolute atomic E-state index is 0.331. The molecule has 1 aliphatic rings. The molecule has 0 spiro atoms. The van der Waals surface area contributed by atoms with Crippen LogP contribution in [-0.4, -0.2) is 38.4 Å². The smallest absolute Gasteiger partial charge is 0.407 e. The van der Waals surface area contributed by atoms with Crippen LogP contribution in [0.4, 0.5) is 10.5 Å². The highest BCUT2D eigenvalue weighted by atomic mass is 16.6. The Hall–Kier alpha value is -1.91. The Morgan fingerprint density at radius 3 is 2.61 bits per heavy atom. The third kappa shape index (κ3) is 5.66. The summed E-state index contributed by atoms with van der Waals surface area (Å²) < 4.78 is 10.4. The second-order valence-corrected chi connectivity index (χ2v) is 7.02. The van der Waals surface area contributed by atoms with Crippen molar-refractivity contribution in [2.45, 2.75) is 39.2 Å². The fourth-order valence-corrected chi connectivity index (χ4v) is 2.79. The minimum Gasteiger partial charge on any atom is -0.497 e. The number of nitrogens with zero attached hydrogens (tertiary/aromatic N) is 1. The van der Waals surface area contributed by atoms with Crippen LogP contribution in [0, 0.1) is 5.92 Å². The molecule has 0 aromatic heterocycles. The summed E-state index contributed by atoms with van der Waals surface area (Å²) in [5, 5.41) is 2.84. The number of hydrogen-bond donors (Lipinski definition) is 1. The molecule has 5 nitrogen and oxygen atoms in total. The molecule has 1 aromatic rings. The molecule has 0 radical (unpaired) electrons. The van der Waals surface area contributed by atoms with E-state index >= 15 is 0 Å². The van der Waals surface area contributed by atoms with Crippen LogP contribution >= 0.6 is 0 Å². The third-order valence-electron chi connectivity index (χ3n) is 3.94. The van der Waals surface area contributed by atoms with Gasteiger partial charge in [-0.25, -0.2) is 4.79 Å². The molecule has 1 unspecified atom stereocenters. The van der Waals surface area contributed by atoms with Gasteiger partial charge in [0.1, 0.15) is 11.4 Å². The summed E-state index contributed by atoms with van der Waals surface area (Å²) >= 11 is 0. The fraction of sp³-hybridized carbons (Fsp3) is 0.611. The van der Waals surface area contributed by atoms with E-state index in [1.807, 2.05) is 32.9 Å². The number of ether oxygens (including phenoxy) is 2. The average molecular weight is 320 g/mol. The average Bonchev–Trinajstić information content (AvgIpc) is 2.94. The van der Waals surface area contributed by atoms with Gasteiger partial charge in [-0.2, -0.15) is 0 Å². The molecule has 1 atom stereocenters. The number of amides is 1. The number of benzene rings is 1. The van der Waals surface area contributed by atoms with E-state index in [2.05, 4.69) is 22.3 Å². The largest absolute Gasteiger partial charge is 0.497 e. The lowest BCUT2D eigenvalue weighted by molar-refractivity contribution is 0.0525. The van der Waals surface area contributed by atoms with Gasteiger partial charge in [-0.3, -0.25) is 0 Å². The van der Waals surface area contributed by atoms with Crippen LogP contribution in [0.1, 0.15) is 33.6 Å². The quantitative estimate of drug-likeness (QED) is 0.903. The summed E-state index contributed by atoms with van der Waals surface area (Å²) in [5.74, 6) is 1.48. The van der Waals surface area contributed by atoms with E-state index in [1.54, 1.807) is 7.11 Å². The Bertz CT molecular complexity index is 508. The topological polar surface area (TPSA) is 50.8 Å². The van der Waals surface area contributed by atoms with Crippen molar-refractivity contribution in [3.63, 3.8) is 0 Å². The fourth-order valence-electron chi connectivity index (χ4n) is 2.79. The van der Waals surface area contributed by atoms with Crippen LogP contribution in [0.3, 0.4) is 0 Å². The molecular weight excluding hydrogens is 292 g/mol. The van der Waals surface area contributed by atoms with E-state index in [-0.39, 0.29) is 6.09 Å². The second kappa shape index (κ2) is 7.57. The molecule has 1 N–H and O–H groups in total. The predicted molar refractivity (Wildman–Crippen MR) is 92.2 cm³/mol. The van der Waals surface area contributed by atoms with Gasteiger partial charge in [0.2, 0.25) is 0 Å². The van der Waals surface area contributed by atoms with Gasteiger partial charge in [-0.1, -0.05) is 0 Å². The standard InChI is InChI=1S/C18H28N2O3/c1-18(2,3)23-17(21)19-11-9-14-10-12-20(13-14)15-5-7-16(22-4)8-6-15/h5-8,14H,9-13H2,1-4H3,(H,19,21). The molecule has 1 fully saturated rings. The highest BCUT2D eigenvalue weighted by Crippen LogP contribution is 2.27. The van der Waals surface area contributed by atoms with Gasteiger partial charge >= 0.3 is 6.09 Å². The van der Waals surface area contributed by atoms with Crippen molar-refractivity contribution < 1.29 is 14.3 Å². The monoisotopic (exact) mass is 320 g/mol. The molecule has 128 valence electrons. The first-order valence-electron chi connectivity index (χ1n) is 8.23. The summed E-state index contributed by atoms with van der Waals surface area (Å²) in [6.07, 6.45) is 1.80. The number of rotatable bonds is 5. The molecule has 0 bridgehead atoms. The van der Waals surface area contributed by atoms with Gasteiger partial charge in [0.25, 0.3) is 0 Å². The summed E-state index contributed by atoms with van der Waals surface area (Å²) in [4.78, 5) is 14.0. The lowest BCUT2D eigenvalue weighted by atomic mass is 10.1. The summed E-state index contributed by atoms with van der Waals surface area (Å²) in [7, 11) is 1.68. The van der Waals surface area contributed by atoms with Crippen molar-refractivity contribution in [3.8, 4) is 5.75 Å². The number of methoxy groups -OCH3 is 1. The minimum atomic E-state index is -0.442. The molecule has 23 heavy (non-hydrogen) atoms. The summed E-state index contributed by atoms with van der Waals surface area (Å²) in [6, 6.07) is 8.18. The maximum atomic E-state index is 11.6. The number of hydrogen-bond acceptors (Lipinski definition) is 4. The van der Waals surface area contributed by atoms with Crippen molar-refractivity contribution >= 4 is 11.8 Å². The highest BCUT2D eigenvalue weighted by Gasteiger charge is 2.23. The Morgan fingerprint density at radius 2 is 2.00 bits per heavy atom. The first-order valence-corrected chi connectivity index (χ1v) is 8.23. The van der Waals surface area contributed by atoms with Gasteiger partial charge in [0.05, 0.1) is 7.11 Å². The van der Waals surface area contributed by atoms with Crippen molar-refractivity contribution in [3.05, 3.63) is 24.3 Å². The van der Waals surface area contributed by atoms with Crippen LogP contribution < -0.4 is 15.0 Å². The molecule has 0 aliphatic carbocycles. The normalized spacial score (nSPS) is 17.9. The number of anilines is 1. The first kappa shape index (κ1) is 17.4. The zero-order chi connectivity index (χ0) is 16.9. The van der Waals surface area contributed by atoms with E-state index in [0.717, 1.165) is 31.7 Å². The highest BCUT2D eigenvalue weighted by molar-refractivity contribution is 5.67. The zero-order valence-corrected chi connectivity index (χ0v) is 14.6. The van der Waals surface area contributed by atoms with E-state index < -0.39 is 5.60 Å². The Balaban J connectivity index is 1.72. The van der Waals surface area contributed by atoms with E-state index in [1.165, 1.54) is 5.69 Å². The van der Waals surface area contributed by atoms with Gasteiger partial charge in [0, 0.05) is 25.3 Å². The van der Waals surface area contributed by atoms with Gasteiger partial charge in [-0.05, 0) is 63.8 Å². The SMILES string of the molecule is COc1ccc(N2CCC(CCNC(=O)OC(C)(C)C)C2)cc1. The Kier molecular flexibility index (Phi) is 5.74. The maximum Gasteiger partial charge on any atom is 0.407 e. The van der Waals surface area contributed by atoms with Crippen LogP contribution in [0.15, 0.2) is 24.3 Å². The maximum absolute atomic E-state index is 11.6. The van der Waals surface area contributed by atoms with Gasteiger partial charge in [-0.15, -0.1) is 0 Å². The lowest BCUT2D eigenvalue weighted by Gasteiger charge is -2.20. The molecule has 0 saturated carbocycles. The zero-order valence-electron chi connectivity index (χ0n) is 14.6. The number of carbonyl (C=O) groups excluding carboxylic acids is 1. The molecular formula is C18H28N2O3. The van der Waals surface area contributed by atoms with Crippen molar-refractivity contribution in [1.29, 1.82) is 0 Å². The first-order chi connectivity index (χ1) is 10.9. The van der Waals surface area contributed by atoms with E-state index in [9.17, 15) is 4.79 Å². The second-order valence-electron chi connectivity index (χ2n) is 7.02. The molecule has 1 aliphatic heterocycles. The Labute approximate surface area is 139 Å². The lowest BCUT2D eigenvalue weighted by Crippen LogP contribution is -2.33. The predicted octanol–water partition coefficient (Wildman–Crippen LogP) is 3.44. The number of nitrogens with one attached hydrogen (secondary N) is 1. The molecule has 1 saturated heterocycles. The van der Waals surface area contributed by atoms with Crippen molar-refractivity contribution in [2.24, 2.45) is 5.92 Å². The molecule has 1 amide bonds. The van der Waals surface area contributed by atoms with E-state index in [4.69, 9.17) is 9.47 Å². The summed E-state index contributed by atoms with van der Waals surface area (Å²) in [6.45, 7) is 8.37. The van der Waals surface area contributed by atoms with Crippen LogP contribution in [0.25, 0.3) is 0 Å². The van der Waals surface area contributed by atoms with Crippen molar-refractivity contribution in [2.75, 3.05) is 31.6 Å². The van der Waals surface area contributed by atoms with Gasteiger partial charge in [0.15, 0.2) is 0 Å². The van der Waals surface area contributed by atoms with E-state index in [0.29, 0.717) is 12.5 Å². The Morgan fingerprint density at radius 1 is 1.30 bits per heavy atom. The van der Waals surface area contributed by atoms with Crippen LogP contribution in [-0.2, 0) is 4.74 Å². The third-order valence-corrected chi connectivity index (χ3v) is 3.94. The number of carbonyl (C=O) groups is 1. The molecule has 1 heterocycles.